The lowest BCUT2D eigenvalue weighted by Crippen LogP contribution is -2.42. The number of sulfone groups is 1. The molecule has 8 heteroatoms. The van der Waals surface area contributed by atoms with E-state index in [1.165, 1.54) is 18.2 Å². The minimum atomic E-state index is -3.02. The summed E-state index contributed by atoms with van der Waals surface area (Å²) in [4.78, 5) is 10.5. The van der Waals surface area contributed by atoms with E-state index in [-0.39, 0.29) is 23.7 Å². The first-order valence-electron chi connectivity index (χ1n) is 6.09. The Morgan fingerprint density at radius 2 is 2.20 bits per heavy atom. The van der Waals surface area contributed by atoms with Crippen LogP contribution in [0.15, 0.2) is 18.2 Å². The van der Waals surface area contributed by atoms with Crippen LogP contribution in [0.3, 0.4) is 0 Å². The molecule has 1 N–H and O–H groups in total. The van der Waals surface area contributed by atoms with Gasteiger partial charge in [0.05, 0.1) is 16.4 Å². The third kappa shape index (κ3) is 3.47. The maximum Gasteiger partial charge on any atom is 0.273 e. The molecule has 1 saturated heterocycles. The largest absolute Gasteiger partial charge is 0.306 e. The Morgan fingerprint density at radius 1 is 1.50 bits per heavy atom. The Kier molecular flexibility index (Phi) is 4.04. The van der Waals surface area contributed by atoms with Gasteiger partial charge in [0.25, 0.3) is 5.69 Å². The number of nitro benzene ring substituents is 1. The highest BCUT2D eigenvalue weighted by atomic mass is 35.5. The molecule has 1 aromatic rings. The molecule has 0 aliphatic carbocycles. The van der Waals surface area contributed by atoms with Crippen LogP contribution >= 0.6 is 11.6 Å². The normalized spacial score (nSPS) is 24.7. The lowest BCUT2D eigenvalue weighted by molar-refractivity contribution is -0.385. The van der Waals surface area contributed by atoms with E-state index in [1.54, 1.807) is 0 Å². The van der Waals surface area contributed by atoms with Gasteiger partial charge in [0, 0.05) is 28.7 Å². The van der Waals surface area contributed by atoms with E-state index in [1.807, 2.05) is 6.92 Å². The first-order valence-corrected chi connectivity index (χ1v) is 8.29. The average molecular weight is 319 g/mol. The Hall–Kier alpha value is -1.18. The van der Waals surface area contributed by atoms with Crippen molar-refractivity contribution in [2.45, 2.75) is 25.4 Å². The van der Waals surface area contributed by atoms with E-state index in [0.717, 1.165) is 0 Å². The molecule has 0 radical (unpaired) electrons. The molecule has 1 aliphatic heterocycles. The number of nitrogens with one attached hydrogen (secondary N) is 1. The highest BCUT2D eigenvalue weighted by Gasteiger charge is 2.38. The molecule has 1 atom stereocenters. The number of nitro groups is 1. The van der Waals surface area contributed by atoms with Crippen LogP contribution in [-0.2, 0) is 16.4 Å². The fourth-order valence-electron chi connectivity index (χ4n) is 2.33. The summed E-state index contributed by atoms with van der Waals surface area (Å²) in [5, 5.41) is 14.5. The highest BCUT2D eigenvalue weighted by molar-refractivity contribution is 7.91. The molecular formula is C12H15ClN2O4S. The number of nitrogens with zero attached hydrogens (tertiary/aromatic N) is 1. The van der Waals surface area contributed by atoms with Crippen LogP contribution in [-0.4, -0.2) is 30.4 Å². The van der Waals surface area contributed by atoms with Gasteiger partial charge in [0.15, 0.2) is 9.84 Å². The fraction of sp³-hybridized carbons (Fsp3) is 0.500. The van der Waals surface area contributed by atoms with E-state index in [9.17, 15) is 18.5 Å². The van der Waals surface area contributed by atoms with Gasteiger partial charge in [-0.15, -0.1) is 0 Å². The smallest absolute Gasteiger partial charge is 0.273 e. The quantitative estimate of drug-likeness (QED) is 0.676. The van der Waals surface area contributed by atoms with Crippen molar-refractivity contribution in [1.29, 1.82) is 0 Å². The number of rotatable bonds is 4. The maximum absolute atomic E-state index is 11.5. The van der Waals surface area contributed by atoms with Gasteiger partial charge in [0.1, 0.15) is 0 Å². The Balaban J connectivity index is 2.15. The van der Waals surface area contributed by atoms with Crippen molar-refractivity contribution in [1.82, 2.24) is 5.32 Å². The van der Waals surface area contributed by atoms with E-state index >= 15 is 0 Å². The van der Waals surface area contributed by atoms with Crippen molar-refractivity contribution in [3.05, 3.63) is 38.9 Å². The van der Waals surface area contributed by atoms with Crippen molar-refractivity contribution in [3.8, 4) is 0 Å². The molecule has 0 spiro atoms. The molecule has 110 valence electrons. The van der Waals surface area contributed by atoms with E-state index < -0.39 is 20.3 Å². The third-order valence-corrected chi connectivity index (χ3v) is 5.59. The topological polar surface area (TPSA) is 89.3 Å². The van der Waals surface area contributed by atoms with Crippen LogP contribution in [0.2, 0.25) is 5.02 Å². The first kappa shape index (κ1) is 15.2. The molecule has 1 heterocycles. The van der Waals surface area contributed by atoms with Gasteiger partial charge < -0.3 is 5.32 Å². The van der Waals surface area contributed by atoms with Crippen molar-refractivity contribution in [2.75, 3.05) is 11.5 Å². The lowest BCUT2D eigenvalue weighted by atomic mass is 10.0. The molecule has 1 fully saturated rings. The van der Waals surface area contributed by atoms with Gasteiger partial charge >= 0.3 is 0 Å². The lowest BCUT2D eigenvalue weighted by Gasteiger charge is -2.24. The van der Waals surface area contributed by atoms with Gasteiger partial charge in [0.2, 0.25) is 0 Å². The Morgan fingerprint density at radius 3 is 2.75 bits per heavy atom. The van der Waals surface area contributed by atoms with Crippen LogP contribution in [0.25, 0.3) is 0 Å². The zero-order valence-corrected chi connectivity index (χ0v) is 12.5. The highest BCUT2D eigenvalue weighted by Crippen LogP contribution is 2.26. The van der Waals surface area contributed by atoms with Gasteiger partial charge in [-0.05, 0) is 25.5 Å². The average Bonchev–Trinajstić information content (AvgIpc) is 2.61. The van der Waals surface area contributed by atoms with Crippen molar-refractivity contribution in [2.24, 2.45) is 0 Å². The SMILES string of the molecule is CC1(NCc2cc(Cl)ccc2[N+](=O)[O-])CCS(=O)(=O)C1. The van der Waals surface area contributed by atoms with Gasteiger partial charge in [-0.3, -0.25) is 10.1 Å². The summed E-state index contributed by atoms with van der Waals surface area (Å²) in [6, 6.07) is 4.34. The predicted molar refractivity (Wildman–Crippen MR) is 76.6 cm³/mol. The molecule has 1 aromatic carbocycles. The van der Waals surface area contributed by atoms with Gasteiger partial charge in [-0.2, -0.15) is 0 Å². The molecule has 0 bridgehead atoms. The second kappa shape index (κ2) is 5.31. The van der Waals surface area contributed by atoms with Gasteiger partial charge in [-0.25, -0.2) is 8.42 Å². The summed E-state index contributed by atoms with van der Waals surface area (Å²) >= 11 is 5.85. The summed E-state index contributed by atoms with van der Waals surface area (Å²) in [6.45, 7) is 2.02. The summed E-state index contributed by atoms with van der Waals surface area (Å²) in [7, 11) is -3.02. The molecule has 1 aliphatic rings. The summed E-state index contributed by atoms with van der Waals surface area (Å²) in [5.74, 6) is 0.197. The molecular weight excluding hydrogens is 304 g/mol. The molecule has 6 nitrogen and oxygen atoms in total. The van der Waals surface area contributed by atoms with Crippen LogP contribution in [0.1, 0.15) is 18.9 Å². The minimum absolute atomic E-state index is 0.0219. The summed E-state index contributed by atoms with van der Waals surface area (Å²) < 4.78 is 23.0. The summed E-state index contributed by atoms with van der Waals surface area (Å²) in [5.41, 5.74) is -0.117. The number of hydrogen-bond acceptors (Lipinski definition) is 5. The summed E-state index contributed by atoms with van der Waals surface area (Å²) in [6.07, 6.45) is 0.504. The van der Waals surface area contributed by atoms with E-state index in [2.05, 4.69) is 5.32 Å². The van der Waals surface area contributed by atoms with Crippen molar-refractivity contribution >= 4 is 27.1 Å². The standard InChI is InChI=1S/C12H15ClN2O4S/c1-12(4-5-20(18,19)8-12)14-7-9-6-10(13)2-3-11(9)15(16)17/h2-3,6,14H,4-5,7-8H2,1H3. The molecule has 0 saturated carbocycles. The van der Waals surface area contributed by atoms with Crippen LogP contribution < -0.4 is 5.32 Å². The van der Waals surface area contributed by atoms with Crippen molar-refractivity contribution < 1.29 is 13.3 Å². The molecule has 0 aromatic heterocycles. The Labute approximate surface area is 122 Å². The second-order valence-electron chi connectivity index (χ2n) is 5.29. The monoisotopic (exact) mass is 318 g/mol. The first-order chi connectivity index (χ1) is 9.21. The Bertz CT molecular complexity index is 647. The second-order valence-corrected chi connectivity index (χ2v) is 7.91. The van der Waals surface area contributed by atoms with Crippen molar-refractivity contribution in [3.63, 3.8) is 0 Å². The van der Waals surface area contributed by atoms with E-state index in [4.69, 9.17) is 11.6 Å². The minimum Gasteiger partial charge on any atom is -0.306 e. The van der Waals surface area contributed by atoms with Gasteiger partial charge in [-0.1, -0.05) is 11.6 Å². The third-order valence-electron chi connectivity index (χ3n) is 3.45. The zero-order valence-electron chi connectivity index (χ0n) is 10.9. The molecule has 1 unspecified atom stereocenters. The molecule has 2 rings (SSSR count). The maximum atomic E-state index is 11.5. The number of halogens is 1. The molecule has 20 heavy (non-hydrogen) atoms. The predicted octanol–water partition coefficient (Wildman–Crippen LogP) is 1.92. The van der Waals surface area contributed by atoms with E-state index in [0.29, 0.717) is 17.0 Å². The van der Waals surface area contributed by atoms with Crippen LogP contribution in [0, 0.1) is 10.1 Å². The molecule has 0 amide bonds. The van der Waals surface area contributed by atoms with Crippen LogP contribution in [0.5, 0.6) is 0 Å². The fourth-order valence-corrected chi connectivity index (χ4v) is 4.65. The number of hydrogen-bond donors (Lipinski definition) is 1. The zero-order chi connectivity index (χ0) is 15.0. The van der Waals surface area contributed by atoms with Crippen LogP contribution in [0.4, 0.5) is 5.69 Å². The number of benzene rings is 1.